The van der Waals surface area contributed by atoms with Gasteiger partial charge in [0.05, 0.1) is 30.9 Å². The highest BCUT2D eigenvalue weighted by Crippen LogP contribution is 2.28. The zero-order valence-corrected chi connectivity index (χ0v) is 21.5. The fourth-order valence-corrected chi connectivity index (χ4v) is 4.28. The van der Waals surface area contributed by atoms with Crippen molar-refractivity contribution in [1.82, 2.24) is 5.32 Å². The van der Waals surface area contributed by atoms with E-state index in [1.54, 1.807) is 6.07 Å². The van der Waals surface area contributed by atoms with Crippen LogP contribution in [-0.4, -0.2) is 29.5 Å². The minimum Gasteiger partial charge on any atom is -0.488 e. The van der Waals surface area contributed by atoms with Gasteiger partial charge in [-0.3, -0.25) is 0 Å². The van der Waals surface area contributed by atoms with Crippen LogP contribution in [0.3, 0.4) is 0 Å². The summed E-state index contributed by atoms with van der Waals surface area (Å²) in [7, 11) is 0. The zero-order chi connectivity index (χ0) is 26.7. The van der Waals surface area contributed by atoms with Crippen molar-refractivity contribution in [1.29, 1.82) is 5.26 Å². The summed E-state index contributed by atoms with van der Waals surface area (Å²) in [4.78, 5) is 0. The Bertz CT molecular complexity index is 1380. The van der Waals surface area contributed by atoms with Gasteiger partial charge in [0.25, 0.3) is 0 Å². The third kappa shape index (κ3) is 6.99. The van der Waals surface area contributed by atoms with Crippen molar-refractivity contribution in [2.24, 2.45) is 0 Å². The highest BCUT2D eigenvalue weighted by Gasteiger charge is 2.11. The number of ether oxygens (including phenoxy) is 1. The van der Waals surface area contributed by atoms with Gasteiger partial charge in [0.2, 0.25) is 0 Å². The van der Waals surface area contributed by atoms with Crippen LogP contribution >= 0.6 is 0 Å². The van der Waals surface area contributed by atoms with Crippen LogP contribution in [0.25, 0.3) is 11.1 Å². The molecule has 0 bridgehead atoms. The van der Waals surface area contributed by atoms with Crippen molar-refractivity contribution in [3.8, 4) is 22.9 Å². The van der Waals surface area contributed by atoms with Crippen LogP contribution in [0.2, 0.25) is 0 Å². The molecule has 194 valence electrons. The van der Waals surface area contributed by atoms with Crippen molar-refractivity contribution >= 4 is 5.69 Å². The highest BCUT2D eigenvalue weighted by atomic mass is 16.5. The average molecular weight is 508 g/mol. The molecule has 0 unspecified atom stereocenters. The van der Waals surface area contributed by atoms with Crippen molar-refractivity contribution in [2.45, 2.75) is 32.7 Å². The molecule has 0 amide bonds. The molecular weight excluding hydrogens is 474 g/mol. The van der Waals surface area contributed by atoms with Gasteiger partial charge >= 0.3 is 0 Å². The van der Waals surface area contributed by atoms with Crippen LogP contribution in [0.4, 0.5) is 5.69 Å². The topological polar surface area (TPSA) is 97.5 Å². The summed E-state index contributed by atoms with van der Waals surface area (Å²) in [6.07, 6.45) is 0. The van der Waals surface area contributed by atoms with Gasteiger partial charge in [-0.15, -0.1) is 0 Å². The van der Waals surface area contributed by atoms with E-state index >= 15 is 0 Å². The van der Waals surface area contributed by atoms with Crippen LogP contribution in [0.1, 0.15) is 27.8 Å². The monoisotopic (exact) mass is 507 g/mol. The van der Waals surface area contributed by atoms with Crippen molar-refractivity contribution < 1.29 is 14.9 Å². The van der Waals surface area contributed by atoms with Gasteiger partial charge in [-0.25, -0.2) is 0 Å². The third-order valence-electron chi connectivity index (χ3n) is 6.55. The first-order chi connectivity index (χ1) is 18.6. The molecule has 4 aromatic rings. The molecule has 0 aromatic heterocycles. The normalized spacial score (nSPS) is 10.8. The fraction of sp³-hybridized carbons (Fsp3) is 0.219. The highest BCUT2D eigenvalue weighted by molar-refractivity contribution is 5.68. The van der Waals surface area contributed by atoms with Gasteiger partial charge in [0.15, 0.2) is 0 Å². The number of anilines is 1. The Morgan fingerprint density at radius 1 is 0.842 bits per heavy atom. The number of benzene rings is 4. The quantitative estimate of drug-likeness (QED) is 0.211. The molecule has 0 aliphatic heterocycles. The second kappa shape index (κ2) is 13.4. The van der Waals surface area contributed by atoms with E-state index in [4.69, 9.17) is 4.74 Å². The lowest BCUT2D eigenvalue weighted by Crippen LogP contribution is -2.35. The van der Waals surface area contributed by atoms with Crippen LogP contribution < -0.4 is 15.4 Å². The van der Waals surface area contributed by atoms with Crippen LogP contribution in [-0.2, 0) is 19.7 Å². The number of hydrogen-bond acceptors (Lipinski definition) is 6. The van der Waals surface area contributed by atoms with Gasteiger partial charge in [-0.05, 0) is 52.9 Å². The largest absolute Gasteiger partial charge is 0.488 e. The third-order valence-corrected chi connectivity index (χ3v) is 6.55. The predicted molar refractivity (Wildman–Crippen MR) is 151 cm³/mol. The van der Waals surface area contributed by atoms with Gasteiger partial charge < -0.3 is 25.6 Å². The van der Waals surface area contributed by atoms with E-state index in [-0.39, 0.29) is 13.2 Å². The number of rotatable bonds is 12. The molecule has 6 nitrogen and oxygen atoms in total. The zero-order valence-electron chi connectivity index (χ0n) is 21.5. The number of nitrogens with zero attached hydrogens (tertiary/aromatic N) is 1. The van der Waals surface area contributed by atoms with E-state index in [0.29, 0.717) is 31.0 Å². The number of nitrogens with one attached hydrogen (secondary N) is 2. The molecule has 0 saturated heterocycles. The Morgan fingerprint density at radius 2 is 1.63 bits per heavy atom. The van der Waals surface area contributed by atoms with Gasteiger partial charge in [0, 0.05) is 30.4 Å². The molecule has 0 aliphatic carbocycles. The Morgan fingerprint density at radius 3 is 2.39 bits per heavy atom. The number of hydrogen-bond donors (Lipinski definition) is 4. The summed E-state index contributed by atoms with van der Waals surface area (Å²) < 4.78 is 6.20. The maximum absolute atomic E-state index is 9.42. The number of aliphatic hydroxyl groups is 2. The molecule has 38 heavy (non-hydrogen) atoms. The SMILES string of the molecule is Cc1c(CNc2ccc(CNC(CO)CO)c(OCc3cccc(C#N)c3)c2)cccc1-c1ccccc1. The second-order valence-electron chi connectivity index (χ2n) is 9.18. The summed E-state index contributed by atoms with van der Waals surface area (Å²) in [6.45, 7) is 3.23. The molecule has 0 radical (unpaired) electrons. The first kappa shape index (κ1) is 26.9. The van der Waals surface area contributed by atoms with Crippen molar-refractivity contribution in [2.75, 3.05) is 18.5 Å². The average Bonchev–Trinajstić information content (AvgIpc) is 2.97. The Balaban J connectivity index is 1.52. The van der Waals surface area contributed by atoms with Gasteiger partial charge in [-0.2, -0.15) is 5.26 Å². The van der Waals surface area contributed by atoms with Crippen molar-refractivity contribution in [3.63, 3.8) is 0 Å². The first-order valence-electron chi connectivity index (χ1n) is 12.7. The molecule has 6 heteroatoms. The maximum atomic E-state index is 9.42. The summed E-state index contributed by atoms with van der Waals surface area (Å²) in [6, 6.07) is 31.8. The molecule has 0 atom stereocenters. The van der Waals surface area contributed by atoms with Crippen molar-refractivity contribution in [3.05, 3.63) is 119 Å². The summed E-state index contributed by atoms with van der Waals surface area (Å²) in [5, 5.41) is 34.7. The van der Waals surface area contributed by atoms with E-state index in [1.807, 2.05) is 42.5 Å². The van der Waals surface area contributed by atoms with Gasteiger partial charge in [-0.1, -0.05) is 66.7 Å². The Hall–Kier alpha value is -4.15. The van der Waals surface area contributed by atoms with Crippen LogP contribution in [0.5, 0.6) is 5.75 Å². The summed E-state index contributed by atoms with van der Waals surface area (Å²) in [5.74, 6) is 0.689. The standard InChI is InChI=1S/C32H33N3O3/c1-23-27(11-6-12-31(23)26-9-3-2-4-10-26)18-34-29-14-13-28(19-35-30(20-36)21-37)32(16-29)38-22-25-8-5-7-24(15-25)17-33/h2-16,30,34-37H,18-22H2,1H3. The van der Waals surface area contributed by atoms with E-state index in [9.17, 15) is 15.5 Å². The smallest absolute Gasteiger partial charge is 0.126 e. The predicted octanol–water partition coefficient (Wildman–Crippen LogP) is 5.17. The maximum Gasteiger partial charge on any atom is 0.126 e. The lowest BCUT2D eigenvalue weighted by atomic mass is 9.96. The molecule has 4 N–H and O–H groups in total. The molecular formula is C32H33N3O3. The first-order valence-corrected chi connectivity index (χ1v) is 12.7. The van der Waals surface area contributed by atoms with E-state index in [1.165, 1.54) is 22.3 Å². The van der Waals surface area contributed by atoms with Crippen LogP contribution in [0.15, 0.2) is 91.0 Å². The summed E-state index contributed by atoms with van der Waals surface area (Å²) >= 11 is 0. The molecule has 4 rings (SSSR count). The Labute approximate surface area is 224 Å². The molecule has 0 heterocycles. The fourth-order valence-electron chi connectivity index (χ4n) is 4.28. The van der Waals surface area contributed by atoms with Crippen LogP contribution in [0, 0.1) is 18.3 Å². The van der Waals surface area contributed by atoms with E-state index in [0.717, 1.165) is 16.8 Å². The molecule has 0 saturated carbocycles. The minimum atomic E-state index is -0.409. The lowest BCUT2D eigenvalue weighted by Gasteiger charge is -2.18. The minimum absolute atomic E-state index is 0.158. The summed E-state index contributed by atoms with van der Waals surface area (Å²) in [5.41, 5.74) is 8.17. The number of aliphatic hydroxyl groups excluding tert-OH is 2. The van der Waals surface area contributed by atoms with Gasteiger partial charge in [0.1, 0.15) is 12.4 Å². The molecule has 0 spiro atoms. The molecule has 0 fully saturated rings. The molecule has 4 aromatic carbocycles. The Kier molecular flexibility index (Phi) is 9.49. The lowest BCUT2D eigenvalue weighted by molar-refractivity contribution is 0.170. The van der Waals surface area contributed by atoms with E-state index in [2.05, 4.69) is 66.1 Å². The van der Waals surface area contributed by atoms with E-state index < -0.39 is 6.04 Å². The second-order valence-corrected chi connectivity index (χ2v) is 9.18. The number of nitriles is 1. The molecule has 0 aliphatic rings.